The molecule has 6 rings (SSSR count). The van der Waals surface area contributed by atoms with Gasteiger partial charge in [0, 0.05) is 49.4 Å². The van der Waals surface area contributed by atoms with Gasteiger partial charge in [-0.15, -0.1) is 5.10 Å². The lowest BCUT2D eigenvalue weighted by Gasteiger charge is -2.31. The number of nitrogens with zero attached hydrogens (tertiary/aromatic N) is 5. The summed E-state index contributed by atoms with van der Waals surface area (Å²) in [7, 11) is 0. The Morgan fingerprint density at radius 2 is 1.79 bits per heavy atom. The van der Waals surface area contributed by atoms with Gasteiger partial charge in [0.1, 0.15) is 0 Å². The molecule has 0 saturated heterocycles. The molecule has 9 nitrogen and oxygen atoms in total. The monoisotopic (exact) mass is 577 g/mol. The first-order valence-electron chi connectivity index (χ1n) is 14.7. The van der Waals surface area contributed by atoms with Gasteiger partial charge in [0.25, 0.3) is 5.91 Å². The maximum absolute atomic E-state index is 14.1. The Labute approximate surface area is 250 Å². The third-order valence-electron chi connectivity index (χ3n) is 8.35. The number of amides is 2. The second-order valence-corrected chi connectivity index (χ2v) is 11.2. The van der Waals surface area contributed by atoms with Gasteiger partial charge < -0.3 is 15.1 Å². The normalized spacial score (nSPS) is 18.8. The summed E-state index contributed by atoms with van der Waals surface area (Å²) < 4.78 is 1.71. The van der Waals surface area contributed by atoms with Crippen LogP contribution in [0, 0.1) is 5.92 Å². The molecule has 0 aliphatic carbocycles. The van der Waals surface area contributed by atoms with Crippen LogP contribution in [-0.2, 0) is 41.1 Å². The molecule has 4 aromatic rings. The molecule has 0 saturated carbocycles. The molecule has 2 aliphatic rings. The highest BCUT2D eigenvalue weighted by Gasteiger charge is 2.52. The van der Waals surface area contributed by atoms with Crippen LogP contribution in [0.2, 0.25) is 0 Å². The molecule has 0 spiro atoms. The molecule has 0 bridgehead atoms. The second-order valence-electron chi connectivity index (χ2n) is 11.2. The summed E-state index contributed by atoms with van der Waals surface area (Å²) in [5.74, 6) is -0.966. The van der Waals surface area contributed by atoms with Crippen molar-refractivity contribution in [2.45, 2.75) is 51.3 Å². The minimum absolute atomic E-state index is 0.0177. The van der Waals surface area contributed by atoms with Crippen LogP contribution in [0.3, 0.4) is 0 Å². The van der Waals surface area contributed by atoms with E-state index >= 15 is 0 Å². The third-order valence-corrected chi connectivity index (χ3v) is 8.35. The fraction of sp³-hybridized carbons (Fsp3) is 0.294. The van der Waals surface area contributed by atoms with Crippen molar-refractivity contribution in [3.05, 3.63) is 114 Å². The van der Waals surface area contributed by atoms with Crippen LogP contribution in [0.5, 0.6) is 0 Å². The van der Waals surface area contributed by atoms with Crippen molar-refractivity contribution in [3.8, 4) is 0 Å². The molecule has 0 radical (unpaired) electrons. The van der Waals surface area contributed by atoms with Crippen molar-refractivity contribution in [1.29, 1.82) is 0 Å². The van der Waals surface area contributed by atoms with Gasteiger partial charge in [-0.25, -0.2) is 0 Å². The number of carbonyl (C=O) groups excluding carboxylic acids is 2. The van der Waals surface area contributed by atoms with Crippen molar-refractivity contribution < 1.29 is 19.8 Å². The van der Waals surface area contributed by atoms with E-state index in [2.05, 4.69) is 10.3 Å². The van der Waals surface area contributed by atoms with Crippen molar-refractivity contribution >= 4 is 28.9 Å². The smallest absolute Gasteiger partial charge is 0.264 e. The fourth-order valence-electron chi connectivity index (χ4n) is 6.03. The van der Waals surface area contributed by atoms with E-state index in [1.165, 1.54) is 0 Å². The SMILES string of the molecule is C[C@@H](/C=C/CCn1cc(CCO)nn1)[C@]1(O)C(=O)N(Cc2ccccc2)c2ccc(N3C(=O)CCc4ccccc43)cc21. The molecular formula is C34H35N5O4. The lowest BCUT2D eigenvalue weighted by molar-refractivity contribution is -0.139. The van der Waals surface area contributed by atoms with Crippen molar-refractivity contribution in [2.75, 3.05) is 16.4 Å². The molecule has 3 heterocycles. The van der Waals surface area contributed by atoms with Gasteiger partial charge in [0.05, 0.1) is 23.6 Å². The molecule has 3 aromatic carbocycles. The quantitative estimate of drug-likeness (QED) is 0.270. The highest BCUT2D eigenvalue weighted by Crippen LogP contribution is 2.48. The van der Waals surface area contributed by atoms with Crippen LogP contribution in [-0.4, -0.2) is 43.6 Å². The van der Waals surface area contributed by atoms with E-state index in [4.69, 9.17) is 5.11 Å². The van der Waals surface area contributed by atoms with Crippen LogP contribution in [0.4, 0.5) is 17.1 Å². The topological polar surface area (TPSA) is 112 Å². The molecule has 2 aliphatic heterocycles. The summed E-state index contributed by atoms with van der Waals surface area (Å²) in [5, 5.41) is 29.5. The Balaban J connectivity index is 1.33. The summed E-state index contributed by atoms with van der Waals surface area (Å²) in [4.78, 5) is 30.7. The first-order valence-corrected chi connectivity index (χ1v) is 14.7. The molecule has 9 heteroatoms. The molecule has 43 heavy (non-hydrogen) atoms. The van der Waals surface area contributed by atoms with Crippen LogP contribution in [0.25, 0.3) is 0 Å². The number of hydrogen-bond acceptors (Lipinski definition) is 6. The van der Waals surface area contributed by atoms with Gasteiger partial charge in [-0.2, -0.15) is 0 Å². The van der Waals surface area contributed by atoms with Crippen LogP contribution < -0.4 is 9.80 Å². The number of aliphatic hydroxyl groups excluding tert-OH is 1. The predicted octanol–water partition coefficient (Wildman–Crippen LogP) is 4.44. The van der Waals surface area contributed by atoms with E-state index in [9.17, 15) is 14.7 Å². The Kier molecular flexibility index (Phi) is 7.92. The van der Waals surface area contributed by atoms with Crippen LogP contribution >= 0.6 is 0 Å². The summed E-state index contributed by atoms with van der Waals surface area (Å²) in [6, 6.07) is 23.1. The van der Waals surface area contributed by atoms with Gasteiger partial charge in [-0.05, 0) is 48.2 Å². The number of carbonyl (C=O) groups is 2. The highest BCUT2D eigenvalue weighted by molar-refractivity contribution is 6.09. The average molecular weight is 578 g/mol. The number of benzene rings is 3. The standard InChI is InChI=1S/C34H35N5O4/c1-24(9-7-8-19-37-23-27(18-20-40)35-36-37)34(43)29-21-28(39-30-13-6-5-12-26(30)14-17-32(39)41)15-16-31(29)38(33(34)42)22-25-10-3-2-4-11-25/h2-7,9-13,15-16,21,23-24,40,43H,8,14,17-20,22H2,1H3/b9-7+/t24-,34+/m0/s1. The predicted molar refractivity (Wildman–Crippen MR) is 164 cm³/mol. The zero-order valence-electron chi connectivity index (χ0n) is 24.1. The van der Waals surface area contributed by atoms with Crippen molar-refractivity contribution in [2.24, 2.45) is 5.92 Å². The van der Waals surface area contributed by atoms with E-state index in [-0.39, 0.29) is 12.5 Å². The number of aryl methyl sites for hydroxylation is 2. The summed E-state index contributed by atoms with van der Waals surface area (Å²) in [5.41, 5.74) is 3.53. The van der Waals surface area contributed by atoms with E-state index < -0.39 is 17.4 Å². The number of aliphatic hydroxyl groups is 2. The number of hydrogen-bond donors (Lipinski definition) is 2. The van der Waals surface area contributed by atoms with Gasteiger partial charge in [-0.3, -0.25) is 19.2 Å². The summed E-state index contributed by atoms with van der Waals surface area (Å²) in [6.07, 6.45) is 7.77. The van der Waals surface area contributed by atoms with Crippen molar-refractivity contribution in [3.63, 3.8) is 0 Å². The fourth-order valence-corrected chi connectivity index (χ4v) is 6.03. The lowest BCUT2D eigenvalue weighted by atomic mass is 9.82. The van der Waals surface area contributed by atoms with Crippen molar-refractivity contribution in [1.82, 2.24) is 15.0 Å². The largest absolute Gasteiger partial charge is 0.396 e. The Morgan fingerprint density at radius 3 is 2.60 bits per heavy atom. The number of rotatable bonds is 10. The molecule has 2 N–H and O–H groups in total. The zero-order valence-corrected chi connectivity index (χ0v) is 24.1. The maximum atomic E-state index is 14.1. The highest BCUT2D eigenvalue weighted by atomic mass is 16.3. The van der Waals surface area contributed by atoms with Gasteiger partial charge in [0.2, 0.25) is 5.91 Å². The molecule has 2 atom stereocenters. The Hall–Kier alpha value is -4.60. The molecule has 0 unspecified atom stereocenters. The molecular weight excluding hydrogens is 542 g/mol. The lowest BCUT2D eigenvalue weighted by Crippen LogP contribution is -2.44. The zero-order chi connectivity index (χ0) is 30.0. The maximum Gasteiger partial charge on any atom is 0.264 e. The van der Waals surface area contributed by atoms with Gasteiger partial charge in [-0.1, -0.05) is 72.8 Å². The molecule has 2 amide bonds. The first kappa shape index (κ1) is 28.5. The number of aromatic nitrogens is 3. The Bertz CT molecular complexity index is 1670. The average Bonchev–Trinajstić information content (AvgIpc) is 3.56. The minimum atomic E-state index is -1.82. The van der Waals surface area contributed by atoms with Crippen LogP contribution in [0.1, 0.15) is 42.1 Å². The molecule has 0 fully saturated rings. The minimum Gasteiger partial charge on any atom is -0.396 e. The second kappa shape index (κ2) is 11.9. The number of fused-ring (bicyclic) bond motifs is 2. The molecule has 1 aromatic heterocycles. The van der Waals surface area contributed by atoms with E-state index in [1.54, 1.807) is 26.7 Å². The van der Waals surface area contributed by atoms with Crippen LogP contribution in [0.15, 0.2) is 91.1 Å². The number of para-hydroxylation sites is 1. The first-order chi connectivity index (χ1) is 20.9. The van der Waals surface area contributed by atoms with Gasteiger partial charge in [0.15, 0.2) is 5.60 Å². The summed E-state index contributed by atoms with van der Waals surface area (Å²) >= 11 is 0. The van der Waals surface area contributed by atoms with E-state index in [1.807, 2.05) is 85.8 Å². The van der Waals surface area contributed by atoms with Gasteiger partial charge >= 0.3 is 0 Å². The Morgan fingerprint density at radius 1 is 1.00 bits per heavy atom. The molecule has 220 valence electrons. The summed E-state index contributed by atoms with van der Waals surface area (Å²) in [6.45, 7) is 2.75. The van der Waals surface area contributed by atoms with E-state index in [0.29, 0.717) is 55.7 Å². The third kappa shape index (κ3) is 5.37. The van der Waals surface area contributed by atoms with E-state index in [0.717, 1.165) is 22.5 Å². The number of allylic oxidation sites excluding steroid dienone is 1. The number of anilines is 3.